The Bertz CT molecular complexity index is 1080. The molecule has 7 nitrogen and oxygen atoms in total. The van der Waals surface area contributed by atoms with Gasteiger partial charge >= 0.3 is 0 Å². The van der Waals surface area contributed by atoms with E-state index in [1.807, 2.05) is 23.1 Å². The van der Waals surface area contributed by atoms with Gasteiger partial charge in [0.25, 0.3) is 0 Å². The van der Waals surface area contributed by atoms with Gasteiger partial charge in [-0.05, 0) is 43.0 Å². The maximum absolute atomic E-state index is 14.4. The van der Waals surface area contributed by atoms with Gasteiger partial charge in [-0.15, -0.1) is 0 Å². The van der Waals surface area contributed by atoms with Crippen LogP contribution in [-0.2, 0) is 27.4 Å². The molecule has 5 rings (SSSR count). The van der Waals surface area contributed by atoms with Crippen LogP contribution in [0.1, 0.15) is 36.8 Å². The first-order valence-electron chi connectivity index (χ1n) is 13.6. The van der Waals surface area contributed by atoms with Crippen LogP contribution in [0.25, 0.3) is 0 Å². The van der Waals surface area contributed by atoms with Crippen molar-refractivity contribution in [3.05, 3.63) is 71.3 Å². The Kier molecular flexibility index (Phi) is 9.01. The standard InChI is InChI=1S/C29H37F2N3O4/c30-22-6-8-26(31)21(12-22)15-34-17-24(35)18-37-19-28-27(34)9-7-25(38-28)13-29(36)32-23-10-11-33(16-23)14-20-4-2-1-3-5-20/h1-6,8,12,23-25,27-28,35H,7,9-11,13-19H2,(H,32,36)/t23-,24-,25-,27-,28+/m1/s1. The van der Waals surface area contributed by atoms with Crippen LogP contribution in [0.15, 0.2) is 48.5 Å². The average Bonchev–Trinajstić information content (AvgIpc) is 3.32. The molecule has 3 fully saturated rings. The van der Waals surface area contributed by atoms with Crippen molar-refractivity contribution >= 4 is 5.91 Å². The van der Waals surface area contributed by atoms with Crippen LogP contribution in [0, 0.1) is 11.6 Å². The van der Waals surface area contributed by atoms with Crippen molar-refractivity contribution in [2.24, 2.45) is 0 Å². The topological polar surface area (TPSA) is 74.3 Å². The number of likely N-dealkylation sites (tertiary alicyclic amines) is 1. The lowest BCUT2D eigenvalue weighted by atomic mass is 9.94. The van der Waals surface area contributed by atoms with Gasteiger partial charge in [-0.1, -0.05) is 30.3 Å². The van der Waals surface area contributed by atoms with E-state index in [4.69, 9.17) is 9.47 Å². The number of aliphatic hydroxyl groups excluding tert-OH is 1. The zero-order chi connectivity index (χ0) is 26.5. The predicted octanol–water partition coefficient (Wildman–Crippen LogP) is 2.85. The van der Waals surface area contributed by atoms with Gasteiger partial charge in [-0.2, -0.15) is 0 Å². The number of rotatable bonds is 7. The molecule has 2 N–H and O–H groups in total. The van der Waals surface area contributed by atoms with Gasteiger partial charge in [0.15, 0.2) is 0 Å². The lowest BCUT2D eigenvalue weighted by Crippen LogP contribution is -2.55. The minimum absolute atomic E-state index is 0.0131. The first-order chi connectivity index (χ1) is 18.4. The van der Waals surface area contributed by atoms with Gasteiger partial charge in [0.2, 0.25) is 5.91 Å². The second-order valence-corrected chi connectivity index (χ2v) is 10.8. The van der Waals surface area contributed by atoms with E-state index in [0.29, 0.717) is 12.8 Å². The number of amides is 1. The quantitative estimate of drug-likeness (QED) is 0.575. The number of nitrogens with zero attached hydrogens (tertiary/aromatic N) is 2. The molecule has 3 heterocycles. The van der Waals surface area contributed by atoms with E-state index in [-0.39, 0.29) is 68.5 Å². The number of β-amino-alcohol motifs (C(OH)–C–C–N with tert-alkyl or cyclic N) is 1. The zero-order valence-corrected chi connectivity index (χ0v) is 21.6. The molecule has 0 unspecified atom stereocenters. The minimum Gasteiger partial charge on any atom is -0.389 e. The first-order valence-corrected chi connectivity index (χ1v) is 13.6. The molecule has 0 radical (unpaired) electrons. The van der Waals surface area contributed by atoms with Crippen LogP contribution in [0.2, 0.25) is 0 Å². The Hall–Kier alpha value is -2.43. The SMILES string of the molecule is O=C(C[C@H]1CC[C@@H]2[C@H](COC[C@H](O)CN2Cc2cc(F)ccc2F)O1)N[C@@H]1CCN(Cc2ccccc2)C1. The molecule has 3 aliphatic rings. The molecule has 2 aromatic carbocycles. The number of aliphatic hydroxyl groups is 1. The zero-order valence-electron chi connectivity index (χ0n) is 21.6. The van der Waals surface area contributed by atoms with Crippen molar-refractivity contribution < 1.29 is 28.2 Å². The molecule has 5 atom stereocenters. The van der Waals surface area contributed by atoms with E-state index in [1.165, 1.54) is 11.6 Å². The van der Waals surface area contributed by atoms with Crippen LogP contribution in [0.4, 0.5) is 8.78 Å². The van der Waals surface area contributed by atoms with E-state index in [1.54, 1.807) is 0 Å². The fourth-order valence-corrected chi connectivity index (χ4v) is 5.94. The van der Waals surface area contributed by atoms with E-state index >= 15 is 0 Å². The number of ether oxygens (including phenoxy) is 2. The highest BCUT2D eigenvalue weighted by molar-refractivity contribution is 5.76. The van der Waals surface area contributed by atoms with Gasteiger partial charge < -0.3 is 19.9 Å². The van der Waals surface area contributed by atoms with Crippen LogP contribution >= 0.6 is 0 Å². The molecule has 9 heteroatoms. The lowest BCUT2D eigenvalue weighted by molar-refractivity contribution is -0.158. The third-order valence-corrected chi connectivity index (χ3v) is 7.77. The van der Waals surface area contributed by atoms with Gasteiger partial charge in [0, 0.05) is 50.4 Å². The molecule has 206 valence electrons. The third-order valence-electron chi connectivity index (χ3n) is 7.77. The van der Waals surface area contributed by atoms with Gasteiger partial charge in [-0.25, -0.2) is 8.78 Å². The van der Waals surface area contributed by atoms with Crippen molar-refractivity contribution in [2.45, 2.75) is 69.2 Å². The lowest BCUT2D eigenvalue weighted by Gasteiger charge is -2.44. The summed E-state index contributed by atoms with van der Waals surface area (Å²) in [6.07, 6.45) is 1.29. The van der Waals surface area contributed by atoms with Crippen LogP contribution in [0.5, 0.6) is 0 Å². The molecule has 38 heavy (non-hydrogen) atoms. The van der Waals surface area contributed by atoms with Crippen molar-refractivity contribution in [1.82, 2.24) is 15.1 Å². The summed E-state index contributed by atoms with van der Waals surface area (Å²) in [7, 11) is 0. The fraction of sp³-hybridized carbons (Fsp3) is 0.552. The van der Waals surface area contributed by atoms with Gasteiger partial charge in [0.05, 0.1) is 37.9 Å². The van der Waals surface area contributed by atoms with Crippen molar-refractivity contribution in [3.8, 4) is 0 Å². The highest BCUT2D eigenvalue weighted by Gasteiger charge is 2.38. The van der Waals surface area contributed by atoms with Crippen molar-refractivity contribution in [2.75, 3.05) is 32.8 Å². The summed E-state index contributed by atoms with van der Waals surface area (Å²) in [4.78, 5) is 17.2. The number of hydrogen-bond donors (Lipinski definition) is 2. The van der Waals surface area contributed by atoms with E-state index in [2.05, 4.69) is 22.3 Å². The highest BCUT2D eigenvalue weighted by atomic mass is 19.1. The smallest absolute Gasteiger partial charge is 0.222 e. The molecule has 0 bridgehead atoms. The normalized spacial score (nSPS) is 28.9. The average molecular weight is 530 g/mol. The number of benzene rings is 2. The summed E-state index contributed by atoms with van der Waals surface area (Å²) in [6, 6.07) is 13.8. The molecule has 3 aliphatic heterocycles. The van der Waals surface area contributed by atoms with Gasteiger partial charge in [-0.3, -0.25) is 14.6 Å². The Morgan fingerprint density at radius 1 is 1.03 bits per heavy atom. The van der Waals surface area contributed by atoms with Crippen LogP contribution in [0.3, 0.4) is 0 Å². The largest absolute Gasteiger partial charge is 0.389 e. The molecule has 0 spiro atoms. The monoisotopic (exact) mass is 529 g/mol. The number of nitrogens with one attached hydrogen (secondary N) is 1. The molecule has 1 amide bonds. The highest BCUT2D eigenvalue weighted by Crippen LogP contribution is 2.29. The number of hydrogen-bond acceptors (Lipinski definition) is 6. The predicted molar refractivity (Wildman–Crippen MR) is 138 cm³/mol. The third kappa shape index (κ3) is 7.15. The second-order valence-electron chi connectivity index (χ2n) is 10.8. The fourth-order valence-electron chi connectivity index (χ4n) is 5.94. The molecule has 3 saturated heterocycles. The van der Waals surface area contributed by atoms with Crippen molar-refractivity contribution in [1.29, 1.82) is 0 Å². The molecule has 0 saturated carbocycles. The Labute approximate surface area is 222 Å². The number of halogens is 2. The summed E-state index contributed by atoms with van der Waals surface area (Å²) in [5.74, 6) is -0.984. The molecule has 2 aromatic rings. The molecular formula is C29H37F2N3O4. The van der Waals surface area contributed by atoms with Gasteiger partial charge in [0.1, 0.15) is 11.6 Å². The van der Waals surface area contributed by atoms with E-state index in [0.717, 1.165) is 38.2 Å². The summed E-state index contributed by atoms with van der Waals surface area (Å²) in [5.41, 5.74) is 1.52. The maximum atomic E-state index is 14.4. The van der Waals surface area contributed by atoms with E-state index in [9.17, 15) is 18.7 Å². The molecule has 0 aliphatic carbocycles. The second kappa shape index (κ2) is 12.6. The number of carbonyl (C=O) groups excluding carboxylic acids is 1. The maximum Gasteiger partial charge on any atom is 0.222 e. The molecular weight excluding hydrogens is 492 g/mol. The first kappa shape index (κ1) is 27.1. The number of carbonyl (C=O) groups is 1. The summed E-state index contributed by atoms with van der Waals surface area (Å²) in [6.45, 7) is 3.52. The summed E-state index contributed by atoms with van der Waals surface area (Å²) < 4.78 is 40.2. The Morgan fingerprint density at radius 3 is 2.71 bits per heavy atom. The Balaban J connectivity index is 1.14. The number of fused-ring (bicyclic) bond motifs is 1. The summed E-state index contributed by atoms with van der Waals surface area (Å²) in [5, 5.41) is 13.5. The van der Waals surface area contributed by atoms with E-state index < -0.39 is 17.7 Å². The van der Waals surface area contributed by atoms with Crippen LogP contribution < -0.4 is 5.32 Å². The summed E-state index contributed by atoms with van der Waals surface area (Å²) >= 11 is 0. The van der Waals surface area contributed by atoms with Crippen LogP contribution in [-0.4, -0.2) is 84.1 Å². The van der Waals surface area contributed by atoms with Crippen molar-refractivity contribution in [3.63, 3.8) is 0 Å². The Morgan fingerprint density at radius 2 is 1.87 bits per heavy atom. The minimum atomic E-state index is -0.732. The molecule has 0 aromatic heterocycles.